The van der Waals surface area contributed by atoms with Crippen LogP contribution in [0.1, 0.15) is 35.4 Å². The summed E-state index contributed by atoms with van der Waals surface area (Å²) < 4.78 is 13.4. The van der Waals surface area contributed by atoms with Gasteiger partial charge in [0.05, 0.1) is 24.7 Å². The largest absolute Gasteiger partial charge is 0.497 e. The zero-order valence-electron chi connectivity index (χ0n) is 19.9. The lowest BCUT2D eigenvalue weighted by Gasteiger charge is -2.11. The molecule has 6 nitrogen and oxygen atoms in total. The Bertz CT molecular complexity index is 1250. The van der Waals surface area contributed by atoms with Gasteiger partial charge in [0.2, 0.25) is 0 Å². The predicted molar refractivity (Wildman–Crippen MR) is 140 cm³/mol. The van der Waals surface area contributed by atoms with Crippen LogP contribution in [0.3, 0.4) is 0 Å². The summed E-state index contributed by atoms with van der Waals surface area (Å²) in [6, 6.07) is 22.8. The maximum atomic E-state index is 12.2. The highest BCUT2D eigenvalue weighted by Crippen LogP contribution is 2.20. The van der Waals surface area contributed by atoms with Gasteiger partial charge in [0.1, 0.15) is 23.9 Å². The third-order valence-electron chi connectivity index (χ3n) is 5.83. The number of imidazole rings is 1. The third kappa shape index (κ3) is 6.76. The molecule has 4 rings (SSSR count). The lowest BCUT2D eigenvalue weighted by atomic mass is 10.1. The normalized spacial score (nSPS) is 10.9. The maximum Gasteiger partial charge on any atom is 0.251 e. The van der Waals surface area contributed by atoms with E-state index in [1.165, 1.54) is 0 Å². The Morgan fingerprint density at radius 2 is 1.77 bits per heavy atom. The number of para-hydroxylation sites is 2. The Hall–Kier alpha value is -3.51. The van der Waals surface area contributed by atoms with Crippen LogP contribution in [0.4, 0.5) is 0 Å². The van der Waals surface area contributed by atoms with Crippen LogP contribution in [0.2, 0.25) is 5.02 Å². The number of aryl methyl sites for hydroxylation is 1. The molecule has 0 aliphatic heterocycles. The molecule has 0 saturated carbocycles. The van der Waals surface area contributed by atoms with Gasteiger partial charge in [0.15, 0.2) is 0 Å². The summed E-state index contributed by atoms with van der Waals surface area (Å²) >= 11 is 5.97. The molecule has 0 saturated heterocycles. The van der Waals surface area contributed by atoms with Crippen molar-refractivity contribution in [3.8, 4) is 11.5 Å². The molecule has 0 fully saturated rings. The summed E-state index contributed by atoms with van der Waals surface area (Å²) in [7, 11) is 1.65. The molecule has 1 heterocycles. The van der Waals surface area contributed by atoms with E-state index in [0.717, 1.165) is 60.6 Å². The Morgan fingerprint density at radius 1 is 0.971 bits per heavy atom. The van der Waals surface area contributed by atoms with E-state index in [-0.39, 0.29) is 5.91 Å². The molecule has 182 valence electrons. The van der Waals surface area contributed by atoms with Crippen molar-refractivity contribution < 1.29 is 14.3 Å². The fraction of sp³-hybridized carbons (Fsp3) is 0.286. The fourth-order valence-corrected chi connectivity index (χ4v) is 4.20. The van der Waals surface area contributed by atoms with Crippen molar-refractivity contribution in [3.05, 3.63) is 89.2 Å². The number of halogens is 1. The highest BCUT2D eigenvalue weighted by molar-refractivity contribution is 6.30. The number of methoxy groups -OCH3 is 1. The number of amides is 1. The van der Waals surface area contributed by atoms with E-state index in [9.17, 15) is 4.79 Å². The second-order valence-electron chi connectivity index (χ2n) is 8.27. The number of fused-ring (bicyclic) bond motifs is 1. The fourth-order valence-electron chi connectivity index (χ4n) is 4.01. The van der Waals surface area contributed by atoms with Gasteiger partial charge < -0.3 is 19.4 Å². The average molecular weight is 492 g/mol. The Balaban J connectivity index is 1.26. The van der Waals surface area contributed by atoms with Crippen molar-refractivity contribution in [1.29, 1.82) is 0 Å². The lowest BCUT2D eigenvalue weighted by Crippen LogP contribution is -2.24. The molecule has 1 amide bonds. The zero-order chi connectivity index (χ0) is 24.5. The van der Waals surface area contributed by atoms with Crippen molar-refractivity contribution in [2.45, 2.75) is 32.2 Å². The van der Waals surface area contributed by atoms with Gasteiger partial charge in [-0.25, -0.2) is 4.98 Å². The van der Waals surface area contributed by atoms with E-state index >= 15 is 0 Å². The van der Waals surface area contributed by atoms with Crippen molar-refractivity contribution >= 4 is 28.5 Å². The molecule has 1 aromatic heterocycles. The van der Waals surface area contributed by atoms with Gasteiger partial charge in [-0.15, -0.1) is 0 Å². The van der Waals surface area contributed by atoms with Crippen LogP contribution >= 0.6 is 11.6 Å². The first kappa shape index (κ1) is 24.6. The Kier molecular flexibility index (Phi) is 8.63. The van der Waals surface area contributed by atoms with Crippen LogP contribution in [-0.4, -0.2) is 35.7 Å². The predicted octanol–water partition coefficient (Wildman–Crippen LogP) is 5.92. The summed E-state index contributed by atoms with van der Waals surface area (Å²) in [5.41, 5.74) is 2.71. The van der Waals surface area contributed by atoms with Crippen LogP contribution in [0.5, 0.6) is 11.5 Å². The van der Waals surface area contributed by atoms with Crippen molar-refractivity contribution in [1.82, 2.24) is 14.9 Å². The molecular weight excluding hydrogens is 462 g/mol. The topological polar surface area (TPSA) is 65.4 Å². The summed E-state index contributed by atoms with van der Waals surface area (Å²) in [5, 5.41) is 3.53. The molecule has 0 aliphatic carbocycles. The minimum Gasteiger partial charge on any atom is -0.497 e. The van der Waals surface area contributed by atoms with Crippen LogP contribution < -0.4 is 14.8 Å². The monoisotopic (exact) mass is 491 g/mol. The molecule has 1 N–H and O–H groups in total. The molecule has 35 heavy (non-hydrogen) atoms. The summed E-state index contributed by atoms with van der Waals surface area (Å²) in [5.74, 6) is 2.60. The van der Waals surface area contributed by atoms with E-state index in [0.29, 0.717) is 23.7 Å². The van der Waals surface area contributed by atoms with Crippen molar-refractivity contribution in [2.75, 3.05) is 20.3 Å². The molecule has 0 unspecified atom stereocenters. The number of rotatable bonds is 12. The van der Waals surface area contributed by atoms with Gasteiger partial charge in [-0.05, 0) is 67.4 Å². The number of nitrogens with one attached hydrogen (secondary N) is 1. The molecule has 4 aromatic rings. The summed E-state index contributed by atoms with van der Waals surface area (Å²) in [6.45, 7) is 1.91. The summed E-state index contributed by atoms with van der Waals surface area (Å²) in [4.78, 5) is 17.1. The SMILES string of the molecule is COc1ccc(OCCn2c(CCCCCNC(=O)c3cccc(Cl)c3)nc3ccccc32)cc1. The number of ether oxygens (including phenoxy) is 2. The second-order valence-corrected chi connectivity index (χ2v) is 8.71. The number of hydrogen-bond acceptors (Lipinski definition) is 4. The van der Waals surface area contributed by atoms with Crippen molar-refractivity contribution in [2.24, 2.45) is 0 Å². The maximum absolute atomic E-state index is 12.2. The first-order chi connectivity index (χ1) is 17.1. The third-order valence-corrected chi connectivity index (χ3v) is 6.06. The molecule has 7 heteroatoms. The number of carbonyl (C=O) groups excluding carboxylic acids is 1. The molecule has 0 aliphatic rings. The van der Waals surface area contributed by atoms with Gasteiger partial charge in [-0.2, -0.15) is 0 Å². The lowest BCUT2D eigenvalue weighted by molar-refractivity contribution is 0.0953. The van der Waals surface area contributed by atoms with E-state index in [2.05, 4.69) is 16.0 Å². The van der Waals surface area contributed by atoms with Gasteiger partial charge in [-0.1, -0.05) is 36.2 Å². The Morgan fingerprint density at radius 3 is 2.57 bits per heavy atom. The molecule has 0 radical (unpaired) electrons. The van der Waals surface area contributed by atoms with Crippen LogP contribution in [-0.2, 0) is 13.0 Å². The van der Waals surface area contributed by atoms with Gasteiger partial charge >= 0.3 is 0 Å². The smallest absolute Gasteiger partial charge is 0.251 e. The van der Waals surface area contributed by atoms with Crippen molar-refractivity contribution in [3.63, 3.8) is 0 Å². The summed E-state index contributed by atoms with van der Waals surface area (Å²) in [6.07, 6.45) is 3.78. The molecule has 0 spiro atoms. The van der Waals surface area contributed by atoms with Crippen LogP contribution in [0, 0.1) is 0 Å². The van der Waals surface area contributed by atoms with E-state index in [4.69, 9.17) is 26.1 Å². The zero-order valence-corrected chi connectivity index (χ0v) is 20.6. The molecular formula is C28H30ClN3O3. The minimum atomic E-state index is -0.0915. The van der Waals surface area contributed by atoms with E-state index in [1.807, 2.05) is 42.5 Å². The van der Waals surface area contributed by atoms with Gasteiger partial charge in [0.25, 0.3) is 5.91 Å². The number of unbranched alkanes of at least 4 members (excludes halogenated alkanes) is 2. The molecule has 0 atom stereocenters. The number of benzene rings is 3. The number of nitrogens with zero attached hydrogens (tertiary/aromatic N) is 2. The molecule has 0 bridgehead atoms. The van der Waals surface area contributed by atoms with Gasteiger partial charge in [-0.3, -0.25) is 4.79 Å². The van der Waals surface area contributed by atoms with Crippen LogP contribution in [0.25, 0.3) is 11.0 Å². The first-order valence-corrected chi connectivity index (χ1v) is 12.3. The van der Waals surface area contributed by atoms with Crippen LogP contribution in [0.15, 0.2) is 72.8 Å². The quantitative estimate of drug-likeness (QED) is 0.250. The number of hydrogen-bond donors (Lipinski definition) is 1. The number of carbonyl (C=O) groups is 1. The highest BCUT2D eigenvalue weighted by Gasteiger charge is 2.11. The Labute approximate surface area is 210 Å². The molecule has 3 aromatic carbocycles. The average Bonchev–Trinajstić information content (AvgIpc) is 3.23. The number of aromatic nitrogens is 2. The van der Waals surface area contributed by atoms with E-state index < -0.39 is 0 Å². The highest BCUT2D eigenvalue weighted by atomic mass is 35.5. The first-order valence-electron chi connectivity index (χ1n) is 11.9. The minimum absolute atomic E-state index is 0.0915. The standard InChI is InChI=1S/C28H30ClN3O3/c1-34-23-13-15-24(16-14-23)35-19-18-32-26-11-5-4-10-25(26)31-27(32)12-3-2-6-17-30-28(33)21-8-7-9-22(29)20-21/h4-5,7-11,13-16,20H,2-3,6,12,17-19H2,1H3,(H,30,33). The van der Waals surface area contributed by atoms with Gasteiger partial charge in [0, 0.05) is 23.6 Å². The second kappa shape index (κ2) is 12.3. The van der Waals surface area contributed by atoms with E-state index in [1.54, 1.807) is 31.4 Å².